The van der Waals surface area contributed by atoms with Crippen LogP contribution in [-0.2, 0) is 10.2 Å². The van der Waals surface area contributed by atoms with Crippen molar-refractivity contribution in [3.8, 4) is 0 Å². The van der Waals surface area contributed by atoms with E-state index in [-0.39, 0.29) is 11.3 Å². The fourth-order valence-corrected chi connectivity index (χ4v) is 2.70. The number of rotatable bonds is 5. The maximum absolute atomic E-state index is 11.1. The van der Waals surface area contributed by atoms with Gasteiger partial charge in [-0.1, -0.05) is 74.5 Å². The lowest BCUT2D eigenvalue weighted by molar-refractivity contribution is -0.108. The second-order valence-corrected chi connectivity index (χ2v) is 5.45. The van der Waals surface area contributed by atoms with E-state index in [2.05, 4.69) is 50.2 Å². The smallest absolute Gasteiger partial charge is 0.120 e. The maximum Gasteiger partial charge on any atom is 0.120 e. The van der Waals surface area contributed by atoms with Crippen molar-refractivity contribution in [2.75, 3.05) is 0 Å². The summed E-state index contributed by atoms with van der Waals surface area (Å²) in [6.45, 7) is 4.42. The molecule has 0 aliphatic rings. The van der Waals surface area contributed by atoms with E-state index in [0.717, 1.165) is 6.29 Å². The molecule has 0 saturated heterocycles. The van der Waals surface area contributed by atoms with E-state index < -0.39 is 0 Å². The van der Waals surface area contributed by atoms with Gasteiger partial charge in [0.15, 0.2) is 0 Å². The predicted molar refractivity (Wildman–Crippen MR) is 79.3 cm³/mol. The number of carbonyl (C=O) groups excluding carboxylic acids is 1. The third kappa shape index (κ3) is 2.93. The number of carbonyl (C=O) groups is 1. The molecule has 0 fully saturated rings. The average molecular weight is 252 g/mol. The summed E-state index contributed by atoms with van der Waals surface area (Å²) < 4.78 is 0. The van der Waals surface area contributed by atoms with Gasteiger partial charge >= 0.3 is 0 Å². The first-order chi connectivity index (χ1) is 9.16. The largest absolute Gasteiger partial charge is 0.303 e. The van der Waals surface area contributed by atoms with Crippen molar-refractivity contribution in [1.29, 1.82) is 0 Å². The minimum Gasteiger partial charge on any atom is -0.303 e. The standard InChI is InChI=1S/C18H20O/c1-18(2,16-11-7-4-8-12-16)17(13-14-19)15-9-5-3-6-10-15/h3-12,14,17H,13H2,1-2H3/t17-/m1/s1. The molecule has 19 heavy (non-hydrogen) atoms. The van der Waals surface area contributed by atoms with Crippen LogP contribution in [0.15, 0.2) is 60.7 Å². The van der Waals surface area contributed by atoms with Crippen molar-refractivity contribution in [2.24, 2.45) is 0 Å². The molecule has 2 rings (SSSR count). The molecule has 0 aliphatic heterocycles. The summed E-state index contributed by atoms with van der Waals surface area (Å²) in [4.78, 5) is 11.1. The van der Waals surface area contributed by atoms with Gasteiger partial charge in [0.2, 0.25) is 0 Å². The molecule has 0 aliphatic carbocycles. The van der Waals surface area contributed by atoms with Crippen LogP contribution in [0.5, 0.6) is 0 Å². The van der Waals surface area contributed by atoms with Crippen LogP contribution in [0.1, 0.15) is 37.3 Å². The molecular weight excluding hydrogens is 232 g/mol. The van der Waals surface area contributed by atoms with Gasteiger partial charge < -0.3 is 4.79 Å². The Kier molecular flexibility index (Phi) is 4.16. The van der Waals surface area contributed by atoms with Crippen LogP contribution < -0.4 is 0 Å². The number of hydrogen-bond donors (Lipinski definition) is 0. The van der Waals surface area contributed by atoms with Crippen LogP contribution in [0.2, 0.25) is 0 Å². The van der Waals surface area contributed by atoms with Crippen molar-refractivity contribution in [2.45, 2.75) is 31.6 Å². The molecule has 0 saturated carbocycles. The van der Waals surface area contributed by atoms with E-state index >= 15 is 0 Å². The highest BCUT2D eigenvalue weighted by molar-refractivity contribution is 5.53. The lowest BCUT2D eigenvalue weighted by Crippen LogP contribution is -2.27. The summed E-state index contributed by atoms with van der Waals surface area (Å²) in [5.41, 5.74) is 2.43. The van der Waals surface area contributed by atoms with E-state index in [1.807, 2.05) is 24.3 Å². The van der Waals surface area contributed by atoms with Gasteiger partial charge in [-0.25, -0.2) is 0 Å². The first-order valence-electron chi connectivity index (χ1n) is 6.70. The zero-order valence-corrected chi connectivity index (χ0v) is 11.5. The topological polar surface area (TPSA) is 17.1 Å². The number of aldehydes is 1. The molecule has 0 spiro atoms. The lowest BCUT2D eigenvalue weighted by Gasteiger charge is -2.34. The van der Waals surface area contributed by atoms with Crippen LogP contribution in [0.25, 0.3) is 0 Å². The van der Waals surface area contributed by atoms with E-state index in [4.69, 9.17) is 0 Å². The first-order valence-corrected chi connectivity index (χ1v) is 6.70. The second kappa shape index (κ2) is 5.83. The Bertz CT molecular complexity index is 514. The molecule has 2 aromatic carbocycles. The number of hydrogen-bond acceptors (Lipinski definition) is 1. The maximum atomic E-state index is 11.1. The minimum atomic E-state index is -0.0659. The van der Waals surface area contributed by atoms with Gasteiger partial charge in [0.1, 0.15) is 6.29 Å². The molecule has 0 heterocycles. The molecule has 98 valence electrons. The molecular formula is C18H20O. The number of benzene rings is 2. The summed E-state index contributed by atoms with van der Waals surface area (Å²) >= 11 is 0. The van der Waals surface area contributed by atoms with Crippen LogP contribution in [0.4, 0.5) is 0 Å². The molecule has 1 atom stereocenters. The van der Waals surface area contributed by atoms with Crippen LogP contribution in [-0.4, -0.2) is 6.29 Å². The van der Waals surface area contributed by atoms with Gasteiger partial charge in [0.05, 0.1) is 0 Å². The van der Waals surface area contributed by atoms with Gasteiger partial charge in [0.25, 0.3) is 0 Å². The van der Waals surface area contributed by atoms with Crippen molar-refractivity contribution < 1.29 is 4.79 Å². The highest BCUT2D eigenvalue weighted by Crippen LogP contribution is 2.40. The zero-order chi connectivity index (χ0) is 13.7. The molecule has 0 bridgehead atoms. The monoisotopic (exact) mass is 252 g/mol. The second-order valence-electron chi connectivity index (χ2n) is 5.45. The summed E-state index contributed by atoms with van der Waals surface area (Å²) in [5.74, 6) is 0.202. The highest BCUT2D eigenvalue weighted by atomic mass is 16.1. The molecule has 0 radical (unpaired) electrons. The molecule has 0 amide bonds. The van der Waals surface area contributed by atoms with E-state index in [9.17, 15) is 4.79 Å². The van der Waals surface area contributed by atoms with Gasteiger partial charge in [0, 0.05) is 6.42 Å². The minimum absolute atomic E-state index is 0.0659. The Morgan fingerprint density at radius 3 is 2.00 bits per heavy atom. The van der Waals surface area contributed by atoms with E-state index in [1.165, 1.54) is 11.1 Å². The van der Waals surface area contributed by atoms with Gasteiger partial charge in [-0.2, -0.15) is 0 Å². The van der Waals surface area contributed by atoms with E-state index in [0.29, 0.717) is 6.42 Å². The van der Waals surface area contributed by atoms with Crippen molar-refractivity contribution in [3.63, 3.8) is 0 Å². The Morgan fingerprint density at radius 1 is 0.947 bits per heavy atom. The third-order valence-corrected chi connectivity index (χ3v) is 3.92. The predicted octanol–water partition coefficient (Wildman–Crippen LogP) is 4.34. The fourth-order valence-electron chi connectivity index (χ4n) is 2.70. The van der Waals surface area contributed by atoms with Crippen molar-refractivity contribution in [1.82, 2.24) is 0 Å². The van der Waals surface area contributed by atoms with Crippen LogP contribution >= 0.6 is 0 Å². The van der Waals surface area contributed by atoms with Crippen LogP contribution in [0.3, 0.4) is 0 Å². The fraction of sp³-hybridized carbons (Fsp3) is 0.278. The molecule has 1 heteroatoms. The summed E-state index contributed by atoms with van der Waals surface area (Å²) in [6, 6.07) is 20.7. The summed E-state index contributed by atoms with van der Waals surface area (Å²) in [7, 11) is 0. The Hall–Kier alpha value is -1.89. The van der Waals surface area contributed by atoms with E-state index in [1.54, 1.807) is 0 Å². The molecule has 2 aromatic rings. The SMILES string of the molecule is CC(C)(c1ccccc1)[C@H](CC=O)c1ccccc1. The highest BCUT2D eigenvalue weighted by Gasteiger charge is 2.31. The van der Waals surface area contributed by atoms with Gasteiger partial charge in [-0.05, 0) is 22.5 Å². The molecule has 1 nitrogen and oxygen atoms in total. The normalized spacial score (nSPS) is 12.9. The Morgan fingerprint density at radius 2 is 1.47 bits per heavy atom. The van der Waals surface area contributed by atoms with Crippen LogP contribution in [0, 0.1) is 0 Å². The van der Waals surface area contributed by atoms with Crippen molar-refractivity contribution in [3.05, 3.63) is 71.8 Å². The van der Waals surface area contributed by atoms with Crippen molar-refractivity contribution >= 4 is 6.29 Å². The lowest BCUT2D eigenvalue weighted by atomic mass is 9.69. The molecule has 0 N–H and O–H groups in total. The summed E-state index contributed by atoms with van der Waals surface area (Å²) in [6.07, 6.45) is 1.58. The molecule has 0 unspecified atom stereocenters. The first kappa shape index (κ1) is 13.5. The average Bonchev–Trinajstić information content (AvgIpc) is 2.46. The Balaban J connectivity index is 2.41. The third-order valence-electron chi connectivity index (χ3n) is 3.92. The molecule has 0 aromatic heterocycles. The van der Waals surface area contributed by atoms with Gasteiger partial charge in [-0.15, -0.1) is 0 Å². The zero-order valence-electron chi connectivity index (χ0n) is 11.5. The Labute approximate surface area is 115 Å². The summed E-state index contributed by atoms with van der Waals surface area (Å²) in [5, 5.41) is 0. The van der Waals surface area contributed by atoms with Gasteiger partial charge in [-0.3, -0.25) is 0 Å². The quantitative estimate of drug-likeness (QED) is 0.724.